The molecule has 0 amide bonds. The van der Waals surface area contributed by atoms with Crippen LogP contribution >= 0.6 is 31.9 Å². The first-order valence-corrected chi connectivity index (χ1v) is 4.90. The lowest BCUT2D eigenvalue weighted by Gasteiger charge is -2.00. The van der Waals surface area contributed by atoms with Crippen molar-refractivity contribution in [3.05, 3.63) is 0 Å². The number of hydrogen-bond donors (Lipinski definition) is 0. The van der Waals surface area contributed by atoms with E-state index in [0.717, 1.165) is 6.61 Å². The Hall–Kier alpha value is 0.920. The zero-order valence-electron chi connectivity index (χ0n) is 6.45. The van der Waals surface area contributed by atoms with E-state index in [2.05, 4.69) is 45.7 Å². The van der Waals surface area contributed by atoms with Crippen LogP contribution in [0.2, 0.25) is 0 Å². The van der Waals surface area contributed by atoms with Gasteiger partial charge in [0, 0.05) is 13.0 Å². The van der Waals surface area contributed by atoms with Crippen LogP contribution < -0.4 is 0 Å². The van der Waals surface area contributed by atoms with Crippen LogP contribution in [0.15, 0.2) is 0 Å². The van der Waals surface area contributed by atoms with Crippen molar-refractivity contribution in [2.24, 2.45) is 11.3 Å². The van der Waals surface area contributed by atoms with Gasteiger partial charge in [-0.25, -0.2) is 0 Å². The van der Waals surface area contributed by atoms with Crippen molar-refractivity contribution in [3.8, 4) is 0 Å². The Bertz CT molecular complexity index is 129. The van der Waals surface area contributed by atoms with Crippen molar-refractivity contribution in [1.29, 1.82) is 0 Å². The van der Waals surface area contributed by atoms with Crippen LogP contribution in [0.4, 0.5) is 0 Å². The van der Waals surface area contributed by atoms with Crippen LogP contribution in [0.3, 0.4) is 0 Å². The first-order valence-electron chi connectivity index (χ1n) is 3.31. The molecular formula is C7H12Br2O. The summed E-state index contributed by atoms with van der Waals surface area (Å²) in [5.41, 5.74) is 0.322. The summed E-state index contributed by atoms with van der Waals surface area (Å²) < 4.78 is 5.19. The highest BCUT2D eigenvalue weighted by molar-refractivity contribution is 9.25. The maximum atomic E-state index is 5.08. The molecule has 0 heterocycles. The van der Waals surface area contributed by atoms with Gasteiger partial charge in [0.05, 0.1) is 9.84 Å². The summed E-state index contributed by atoms with van der Waals surface area (Å²) in [6, 6.07) is 0. The summed E-state index contributed by atoms with van der Waals surface area (Å²) in [7, 11) is 1.74. The van der Waals surface area contributed by atoms with Gasteiger partial charge in [0.2, 0.25) is 0 Å². The zero-order chi connectivity index (χ0) is 7.99. The molecule has 1 saturated carbocycles. The second kappa shape index (κ2) is 2.46. The fraction of sp³-hybridized carbons (Fsp3) is 1.00. The molecule has 1 fully saturated rings. The van der Waals surface area contributed by atoms with Gasteiger partial charge in [0.1, 0.15) is 0 Å². The van der Waals surface area contributed by atoms with Crippen molar-refractivity contribution in [1.82, 2.24) is 0 Å². The molecule has 0 N–H and O–H groups in total. The van der Waals surface area contributed by atoms with Gasteiger partial charge >= 0.3 is 0 Å². The number of methoxy groups -OCH3 is 1. The summed E-state index contributed by atoms with van der Waals surface area (Å²) in [6.45, 7) is 5.27. The summed E-state index contributed by atoms with van der Waals surface area (Å²) >= 11 is 7.22. The summed E-state index contributed by atoms with van der Waals surface area (Å²) in [5.74, 6) is 0.588. The van der Waals surface area contributed by atoms with Gasteiger partial charge in [-0.2, -0.15) is 0 Å². The van der Waals surface area contributed by atoms with Crippen LogP contribution in [0, 0.1) is 11.3 Å². The standard InChI is InChI=1S/C7H12Br2O/c1-6(2)5(4-10-3)7(6,8)9/h5H,4H2,1-3H3/t5-/m1/s1. The van der Waals surface area contributed by atoms with E-state index in [-0.39, 0.29) is 3.23 Å². The van der Waals surface area contributed by atoms with Gasteiger partial charge in [-0.15, -0.1) is 0 Å². The minimum atomic E-state index is 0.114. The third-order valence-electron chi connectivity index (χ3n) is 2.42. The van der Waals surface area contributed by atoms with Gasteiger partial charge in [0.15, 0.2) is 0 Å². The van der Waals surface area contributed by atoms with E-state index >= 15 is 0 Å². The lowest BCUT2D eigenvalue weighted by Crippen LogP contribution is -1.97. The molecule has 0 bridgehead atoms. The quantitative estimate of drug-likeness (QED) is 0.702. The van der Waals surface area contributed by atoms with Crippen LogP contribution in [-0.2, 0) is 4.74 Å². The van der Waals surface area contributed by atoms with E-state index in [9.17, 15) is 0 Å². The Morgan fingerprint density at radius 3 is 1.90 bits per heavy atom. The summed E-state index contributed by atoms with van der Waals surface area (Å²) in [4.78, 5) is 0. The van der Waals surface area contributed by atoms with Gasteiger partial charge in [-0.05, 0) is 5.41 Å². The second-order valence-corrected chi connectivity index (χ2v) is 6.92. The predicted molar refractivity (Wildman–Crippen MR) is 49.7 cm³/mol. The Balaban J connectivity index is 2.54. The largest absolute Gasteiger partial charge is 0.384 e. The monoisotopic (exact) mass is 270 g/mol. The molecule has 0 aliphatic heterocycles. The van der Waals surface area contributed by atoms with E-state index in [4.69, 9.17) is 4.74 Å². The smallest absolute Gasteiger partial charge is 0.0916 e. The summed E-state index contributed by atoms with van der Waals surface area (Å²) in [6.07, 6.45) is 0. The number of ether oxygens (including phenoxy) is 1. The molecule has 0 radical (unpaired) electrons. The molecule has 1 rings (SSSR count). The topological polar surface area (TPSA) is 9.23 Å². The predicted octanol–water partition coefficient (Wildman–Crippen LogP) is 2.77. The second-order valence-electron chi connectivity index (χ2n) is 3.35. The van der Waals surface area contributed by atoms with Crippen molar-refractivity contribution in [3.63, 3.8) is 0 Å². The molecule has 3 heteroatoms. The van der Waals surface area contributed by atoms with Crippen LogP contribution in [-0.4, -0.2) is 17.0 Å². The van der Waals surface area contributed by atoms with Gasteiger partial charge in [0.25, 0.3) is 0 Å². The SMILES string of the molecule is COC[C@@H]1C(C)(C)C1(Br)Br. The molecular weight excluding hydrogens is 260 g/mol. The van der Waals surface area contributed by atoms with E-state index < -0.39 is 0 Å². The van der Waals surface area contributed by atoms with E-state index in [1.165, 1.54) is 0 Å². The lowest BCUT2D eigenvalue weighted by molar-refractivity contribution is 0.174. The highest BCUT2D eigenvalue weighted by Crippen LogP contribution is 2.70. The van der Waals surface area contributed by atoms with Crippen molar-refractivity contribution < 1.29 is 4.74 Å². The summed E-state index contributed by atoms with van der Waals surface area (Å²) in [5, 5.41) is 0. The molecule has 1 nitrogen and oxygen atoms in total. The maximum absolute atomic E-state index is 5.08. The normalized spacial score (nSPS) is 33.9. The first kappa shape index (κ1) is 9.01. The Morgan fingerprint density at radius 2 is 1.80 bits per heavy atom. The molecule has 0 spiro atoms. The molecule has 1 aliphatic rings. The number of hydrogen-bond acceptors (Lipinski definition) is 1. The van der Waals surface area contributed by atoms with Crippen LogP contribution in [0.1, 0.15) is 13.8 Å². The minimum absolute atomic E-state index is 0.114. The highest BCUT2D eigenvalue weighted by Gasteiger charge is 2.68. The lowest BCUT2D eigenvalue weighted by atomic mass is 10.1. The first-order chi connectivity index (χ1) is 4.44. The van der Waals surface area contributed by atoms with Crippen molar-refractivity contribution >= 4 is 31.9 Å². The average Bonchev–Trinajstić information content (AvgIpc) is 2.13. The van der Waals surface area contributed by atoms with E-state index in [1.54, 1.807) is 7.11 Å². The third-order valence-corrected chi connectivity index (χ3v) is 5.57. The van der Waals surface area contributed by atoms with E-state index in [0.29, 0.717) is 11.3 Å². The molecule has 1 atom stereocenters. The Kier molecular flexibility index (Phi) is 2.21. The molecule has 0 aromatic carbocycles. The van der Waals surface area contributed by atoms with Crippen molar-refractivity contribution in [2.45, 2.75) is 17.1 Å². The molecule has 0 saturated heterocycles. The fourth-order valence-electron chi connectivity index (χ4n) is 1.24. The van der Waals surface area contributed by atoms with Gasteiger partial charge in [-0.3, -0.25) is 0 Å². The van der Waals surface area contributed by atoms with Crippen molar-refractivity contribution in [2.75, 3.05) is 13.7 Å². The molecule has 1 aliphatic carbocycles. The van der Waals surface area contributed by atoms with Crippen LogP contribution in [0.25, 0.3) is 0 Å². The number of rotatable bonds is 2. The number of halogens is 2. The highest BCUT2D eigenvalue weighted by atomic mass is 79.9. The fourth-order valence-corrected chi connectivity index (χ4v) is 2.97. The Labute approximate surface area is 78.8 Å². The maximum Gasteiger partial charge on any atom is 0.0916 e. The van der Waals surface area contributed by atoms with Gasteiger partial charge < -0.3 is 4.74 Å². The average molecular weight is 272 g/mol. The molecule has 10 heavy (non-hydrogen) atoms. The minimum Gasteiger partial charge on any atom is -0.384 e. The third kappa shape index (κ3) is 1.07. The zero-order valence-corrected chi connectivity index (χ0v) is 9.62. The van der Waals surface area contributed by atoms with Gasteiger partial charge in [-0.1, -0.05) is 45.7 Å². The van der Waals surface area contributed by atoms with E-state index in [1.807, 2.05) is 0 Å². The van der Waals surface area contributed by atoms with Crippen LogP contribution in [0.5, 0.6) is 0 Å². The number of alkyl halides is 2. The Morgan fingerprint density at radius 1 is 1.40 bits per heavy atom. The molecule has 60 valence electrons. The molecule has 0 aromatic heterocycles. The molecule has 0 unspecified atom stereocenters. The molecule has 0 aromatic rings.